The van der Waals surface area contributed by atoms with Gasteiger partial charge in [-0.15, -0.1) is 23.1 Å². The Hall–Kier alpha value is -2.62. The first-order chi connectivity index (χ1) is 15.4. The normalized spacial score (nSPS) is 13.9. The van der Waals surface area contributed by atoms with Crippen molar-refractivity contribution in [2.45, 2.75) is 18.7 Å². The van der Waals surface area contributed by atoms with Gasteiger partial charge in [-0.25, -0.2) is 4.98 Å². The van der Waals surface area contributed by atoms with E-state index in [0.717, 1.165) is 26.4 Å². The summed E-state index contributed by atoms with van der Waals surface area (Å²) in [6.45, 7) is 5.95. The van der Waals surface area contributed by atoms with Crippen LogP contribution in [-0.2, 0) is 4.74 Å². The second-order valence-corrected chi connectivity index (χ2v) is 9.37. The van der Waals surface area contributed by atoms with Gasteiger partial charge in [-0.1, -0.05) is 0 Å². The zero-order valence-corrected chi connectivity index (χ0v) is 20.1. The van der Waals surface area contributed by atoms with Crippen molar-refractivity contribution in [3.8, 4) is 5.75 Å². The van der Waals surface area contributed by atoms with Crippen LogP contribution in [0.5, 0.6) is 5.75 Å². The highest BCUT2D eigenvalue weighted by atomic mass is 32.2. The summed E-state index contributed by atoms with van der Waals surface area (Å²) in [6, 6.07) is 7.42. The molecule has 0 spiro atoms. The summed E-state index contributed by atoms with van der Waals surface area (Å²) >= 11 is 2.89. The lowest BCUT2D eigenvalue weighted by molar-refractivity contribution is 0.0307. The molecular formula is C23H25N3O4S2. The summed E-state index contributed by atoms with van der Waals surface area (Å²) in [6.07, 6.45) is 1.97. The molecule has 0 radical (unpaired) electrons. The maximum atomic E-state index is 13.4. The average Bonchev–Trinajstić information content (AvgIpc) is 3.16. The van der Waals surface area contributed by atoms with Crippen LogP contribution in [-0.4, -0.2) is 61.4 Å². The van der Waals surface area contributed by atoms with E-state index in [1.54, 1.807) is 29.8 Å². The van der Waals surface area contributed by atoms with Gasteiger partial charge in [0, 0.05) is 29.1 Å². The molecule has 3 heterocycles. The standard InChI is InChI=1S/C23H25N3O4S2/c1-13-11-14(2)24-22-18(13)19(20(32-22)23(28)26-7-9-30-10-8-26)25-21(27)16-6-5-15(31-4)12-17(16)29-3/h5-6,11-12H,7-10H2,1-4H3,(H,25,27). The lowest BCUT2D eigenvalue weighted by Crippen LogP contribution is -2.40. The third-order valence-electron chi connectivity index (χ3n) is 5.37. The first kappa shape index (κ1) is 22.6. The number of carbonyl (C=O) groups is 2. The number of ether oxygens (including phenoxy) is 2. The predicted molar refractivity (Wildman–Crippen MR) is 129 cm³/mol. The lowest BCUT2D eigenvalue weighted by Gasteiger charge is -2.26. The molecule has 0 bridgehead atoms. The summed E-state index contributed by atoms with van der Waals surface area (Å²) in [5.41, 5.74) is 2.75. The number of rotatable bonds is 5. The van der Waals surface area contributed by atoms with Crippen LogP contribution < -0.4 is 10.1 Å². The summed E-state index contributed by atoms with van der Waals surface area (Å²) in [5, 5.41) is 3.80. The second kappa shape index (κ2) is 9.48. The fourth-order valence-corrected chi connectivity index (χ4v) is 5.44. The minimum Gasteiger partial charge on any atom is -0.496 e. The molecule has 7 nitrogen and oxygen atoms in total. The first-order valence-corrected chi connectivity index (χ1v) is 12.3. The SMILES string of the molecule is COc1cc(SC)ccc1C(=O)Nc1c(C(=O)N2CCOCC2)sc2nc(C)cc(C)c12. The number of hydrogen-bond acceptors (Lipinski definition) is 7. The van der Waals surface area contributed by atoms with Crippen LogP contribution >= 0.6 is 23.1 Å². The monoisotopic (exact) mass is 471 g/mol. The van der Waals surface area contributed by atoms with Gasteiger partial charge in [0.15, 0.2) is 0 Å². The van der Waals surface area contributed by atoms with Crippen LogP contribution in [0.15, 0.2) is 29.2 Å². The first-order valence-electron chi connectivity index (χ1n) is 10.2. The van der Waals surface area contributed by atoms with Crippen LogP contribution in [0.2, 0.25) is 0 Å². The maximum absolute atomic E-state index is 13.4. The van der Waals surface area contributed by atoms with E-state index in [4.69, 9.17) is 9.47 Å². The zero-order valence-electron chi connectivity index (χ0n) is 18.5. The molecule has 0 saturated carbocycles. The van der Waals surface area contributed by atoms with E-state index < -0.39 is 0 Å². The molecule has 1 N–H and O–H groups in total. The van der Waals surface area contributed by atoms with Gasteiger partial charge in [0.25, 0.3) is 11.8 Å². The van der Waals surface area contributed by atoms with Crippen LogP contribution in [0, 0.1) is 13.8 Å². The molecule has 168 valence electrons. The zero-order chi connectivity index (χ0) is 22.8. The molecule has 1 aliphatic heterocycles. The van der Waals surface area contributed by atoms with Crippen molar-refractivity contribution in [1.82, 2.24) is 9.88 Å². The fraction of sp³-hybridized carbons (Fsp3) is 0.348. The van der Waals surface area contributed by atoms with Crippen LogP contribution in [0.4, 0.5) is 5.69 Å². The number of pyridine rings is 1. The smallest absolute Gasteiger partial charge is 0.266 e. The predicted octanol–water partition coefficient (Wildman–Crippen LogP) is 4.37. The van der Waals surface area contributed by atoms with E-state index in [1.165, 1.54) is 11.3 Å². The molecule has 1 aromatic carbocycles. The number of hydrogen-bond donors (Lipinski definition) is 1. The van der Waals surface area contributed by atoms with E-state index in [2.05, 4.69) is 10.3 Å². The fourth-order valence-electron chi connectivity index (χ4n) is 3.79. The summed E-state index contributed by atoms with van der Waals surface area (Å²) in [4.78, 5) is 35.3. The number of aromatic nitrogens is 1. The van der Waals surface area contributed by atoms with Crippen molar-refractivity contribution >= 4 is 50.8 Å². The molecule has 1 aliphatic rings. The molecule has 0 atom stereocenters. The molecule has 9 heteroatoms. The summed E-state index contributed by atoms with van der Waals surface area (Å²) in [5.74, 6) is 0.0409. The second-order valence-electron chi connectivity index (χ2n) is 7.49. The van der Waals surface area contributed by atoms with Gasteiger partial charge < -0.3 is 19.7 Å². The van der Waals surface area contributed by atoms with Crippen LogP contribution in [0.3, 0.4) is 0 Å². The Balaban J connectivity index is 1.78. The number of carbonyl (C=O) groups excluding carboxylic acids is 2. The van der Waals surface area contributed by atoms with Gasteiger partial charge >= 0.3 is 0 Å². The number of benzene rings is 1. The Labute approximate surface area is 195 Å². The van der Waals surface area contributed by atoms with Gasteiger partial charge in [-0.05, 0) is 49.9 Å². The van der Waals surface area contributed by atoms with Gasteiger partial charge in [-0.3, -0.25) is 9.59 Å². The molecule has 32 heavy (non-hydrogen) atoms. The van der Waals surface area contributed by atoms with E-state index in [-0.39, 0.29) is 11.8 Å². The van der Waals surface area contributed by atoms with Crippen LogP contribution in [0.1, 0.15) is 31.3 Å². The van der Waals surface area contributed by atoms with Crippen molar-refractivity contribution in [3.63, 3.8) is 0 Å². The lowest BCUT2D eigenvalue weighted by atomic mass is 10.1. The third-order valence-corrected chi connectivity index (χ3v) is 7.17. The van der Waals surface area contributed by atoms with Gasteiger partial charge in [0.2, 0.25) is 0 Å². The number of fused-ring (bicyclic) bond motifs is 1. The molecular weight excluding hydrogens is 446 g/mol. The van der Waals surface area contributed by atoms with Crippen molar-refractivity contribution in [2.24, 2.45) is 0 Å². The van der Waals surface area contributed by atoms with Gasteiger partial charge in [-0.2, -0.15) is 0 Å². The highest BCUT2D eigenvalue weighted by Gasteiger charge is 2.28. The highest BCUT2D eigenvalue weighted by molar-refractivity contribution is 7.98. The van der Waals surface area contributed by atoms with E-state index in [1.807, 2.05) is 38.3 Å². The van der Waals surface area contributed by atoms with Crippen molar-refractivity contribution in [3.05, 3.63) is 46.0 Å². The molecule has 0 unspecified atom stereocenters. The topological polar surface area (TPSA) is 80.8 Å². The number of methoxy groups -OCH3 is 1. The summed E-state index contributed by atoms with van der Waals surface area (Å²) in [7, 11) is 1.54. The molecule has 1 fully saturated rings. The number of thioether (sulfide) groups is 1. The number of nitrogens with one attached hydrogen (secondary N) is 1. The average molecular weight is 472 g/mol. The van der Waals surface area contributed by atoms with Gasteiger partial charge in [0.05, 0.1) is 31.6 Å². The molecule has 2 aromatic heterocycles. The van der Waals surface area contributed by atoms with Gasteiger partial charge in [0.1, 0.15) is 15.5 Å². The molecule has 3 aromatic rings. The van der Waals surface area contributed by atoms with Crippen molar-refractivity contribution in [1.29, 1.82) is 0 Å². The number of aryl methyl sites for hydroxylation is 2. The van der Waals surface area contributed by atoms with Crippen molar-refractivity contribution in [2.75, 3.05) is 45.0 Å². The molecule has 2 amide bonds. The Morgan fingerprint density at radius 2 is 1.97 bits per heavy atom. The number of anilines is 1. The maximum Gasteiger partial charge on any atom is 0.266 e. The quantitative estimate of drug-likeness (QED) is 0.557. The minimum absolute atomic E-state index is 0.117. The Kier molecular flexibility index (Phi) is 6.68. The number of amides is 2. The highest BCUT2D eigenvalue weighted by Crippen LogP contribution is 2.39. The number of thiophene rings is 1. The molecule has 0 aliphatic carbocycles. The molecule has 1 saturated heterocycles. The van der Waals surface area contributed by atoms with E-state index in [9.17, 15) is 9.59 Å². The van der Waals surface area contributed by atoms with Crippen molar-refractivity contribution < 1.29 is 19.1 Å². The Morgan fingerprint density at radius 1 is 1.22 bits per heavy atom. The molecule has 4 rings (SSSR count). The third kappa shape index (κ3) is 4.32. The van der Waals surface area contributed by atoms with E-state index >= 15 is 0 Å². The Bertz CT molecular complexity index is 1190. The Morgan fingerprint density at radius 3 is 2.66 bits per heavy atom. The minimum atomic E-state index is -0.329. The summed E-state index contributed by atoms with van der Waals surface area (Å²) < 4.78 is 10.8. The largest absolute Gasteiger partial charge is 0.496 e. The van der Waals surface area contributed by atoms with Crippen LogP contribution in [0.25, 0.3) is 10.2 Å². The van der Waals surface area contributed by atoms with E-state index in [0.29, 0.717) is 48.2 Å². The number of morpholine rings is 1. The number of nitrogens with zero attached hydrogens (tertiary/aromatic N) is 2.